The Hall–Kier alpha value is -2.66. The van der Waals surface area contributed by atoms with Gasteiger partial charge in [-0.1, -0.05) is 37.3 Å². The highest BCUT2D eigenvalue weighted by molar-refractivity contribution is 5.94. The Kier molecular flexibility index (Phi) is 6.24. The van der Waals surface area contributed by atoms with E-state index in [0.717, 1.165) is 23.2 Å². The van der Waals surface area contributed by atoms with E-state index in [1.54, 1.807) is 0 Å². The molecule has 1 N–H and O–H groups in total. The van der Waals surface area contributed by atoms with E-state index in [-0.39, 0.29) is 11.8 Å². The molecule has 142 valence electrons. The first-order valence-electron chi connectivity index (χ1n) is 9.53. The van der Waals surface area contributed by atoms with Gasteiger partial charge in [0.1, 0.15) is 0 Å². The molecule has 3 rings (SSSR count). The number of amides is 2. The van der Waals surface area contributed by atoms with E-state index >= 15 is 0 Å². The van der Waals surface area contributed by atoms with Crippen molar-refractivity contribution >= 4 is 17.5 Å². The number of carbonyl (C=O) groups excluding carboxylic acids is 2. The predicted molar refractivity (Wildman–Crippen MR) is 108 cm³/mol. The molecule has 2 aromatic carbocycles. The second kappa shape index (κ2) is 8.82. The van der Waals surface area contributed by atoms with Crippen molar-refractivity contribution in [2.75, 3.05) is 38.0 Å². The first-order chi connectivity index (χ1) is 13.1. The maximum absolute atomic E-state index is 12.6. The lowest BCUT2D eigenvalue weighted by Gasteiger charge is -2.34. The van der Waals surface area contributed by atoms with Crippen LogP contribution in [0.3, 0.4) is 0 Å². The second-order valence-electron chi connectivity index (χ2n) is 6.98. The van der Waals surface area contributed by atoms with Gasteiger partial charge in [-0.3, -0.25) is 14.5 Å². The zero-order chi connectivity index (χ0) is 19.2. The topological polar surface area (TPSA) is 52.7 Å². The van der Waals surface area contributed by atoms with Gasteiger partial charge in [-0.25, -0.2) is 0 Å². The van der Waals surface area contributed by atoms with Crippen LogP contribution in [0.25, 0.3) is 0 Å². The third-order valence-electron chi connectivity index (χ3n) is 5.06. The SMILES string of the molecule is CCc1ccc(C(=O)N2CCN(CC(=O)Nc3ccccc3C)CC2)cc1. The number of nitrogens with one attached hydrogen (secondary N) is 1. The molecule has 5 nitrogen and oxygen atoms in total. The summed E-state index contributed by atoms with van der Waals surface area (Å²) in [7, 11) is 0. The number of rotatable bonds is 5. The van der Waals surface area contributed by atoms with E-state index in [0.29, 0.717) is 32.7 Å². The number of benzene rings is 2. The number of hydrogen-bond acceptors (Lipinski definition) is 3. The summed E-state index contributed by atoms with van der Waals surface area (Å²) in [5, 5.41) is 2.97. The molecule has 2 aromatic rings. The van der Waals surface area contributed by atoms with E-state index in [1.165, 1.54) is 5.56 Å². The molecule has 0 spiro atoms. The lowest BCUT2D eigenvalue weighted by Crippen LogP contribution is -2.50. The molecule has 1 fully saturated rings. The van der Waals surface area contributed by atoms with E-state index in [9.17, 15) is 9.59 Å². The van der Waals surface area contributed by atoms with Crippen molar-refractivity contribution in [1.29, 1.82) is 0 Å². The monoisotopic (exact) mass is 365 g/mol. The summed E-state index contributed by atoms with van der Waals surface area (Å²) >= 11 is 0. The zero-order valence-electron chi connectivity index (χ0n) is 16.1. The van der Waals surface area contributed by atoms with Crippen molar-refractivity contribution in [3.63, 3.8) is 0 Å². The fourth-order valence-electron chi connectivity index (χ4n) is 3.28. The minimum absolute atomic E-state index is 0.0146. The summed E-state index contributed by atoms with van der Waals surface area (Å²) in [6.07, 6.45) is 0.970. The normalized spacial score (nSPS) is 14.8. The average Bonchev–Trinajstić information content (AvgIpc) is 2.70. The molecule has 0 radical (unpaired) electrons. The third kappa shape index (κ3) is 4.95. The van der Waals surface area contributed by atoms with Crippen LogP contribution in [-0.2, 0) is 11.2 Å². The summed E-state index contributed by atoms with van der Waals surface area (Å²) in [5.74, 6) is 0.0564. The molecule has 0 atom stereocenters. The Morgan fingerprint density at radius 2 is 1.63 bits per heavy atom. The van der Waals surface area contributed by atoms with Crippen molar-refractivity contribution in [3.8, 4) is 0 Å². The number of carbonyl (C=O) groups is 2. The molecule has 0 aliphatic carbocycles. The molecule has 0 saturated carbocycles. The number of aryl methyl sites for hydroxylation is 2. The molecular formula is C22H27N3O2. The molecule has 1 heterocycles. The summed E-state index contributed by atoms with van der Waals surface area (Å²) in [4.78, 5) is 28.9. The molecule has 0 aromatic heterocycles. The second-order valence-corrected chi connectivity index (χ2v) is 6.98. The number of para-hydroxylation sites is 1. The number of anilines is 1. The van der Waals surface area contributed by atoms with Gasteiger partial charge in [0.2, 0.25) is 5.91 Å². The van der Waals surface area contributed by atoms with Gasteiger partial charge in [-0.15, -0.1) is 0 Å². The van der Waals surface area contributed by atoms with E-state index in [1.807, 2.05) is 60.4 Å². The van der Waals surface area contributed by atoms with E-state index in [2.05, 4.69) is 17.1 Å². The Morgan fingerprint density at radius 1 is 0.963 bits per heavy atom. The number of hydrogen-bond donors (Lipinski definition) is 1. The Labute approximate surface area is 161 Å². The smallest absolute Gasteiger partial charge is 0.253 e. The first-order valence-corrected chi connectivity index (χ1v) is 9.53. The molecule has 1 saturated heterocycles. The highest BCUT2D eigenvalue weighted by atomic mass is 16.2. The minimum atomic E-state index is -0.0146. The van der Waals surface area contributed by atoms with E-state index < -0.39 is 0 Å². The molecule has 0 bridgehead atoms. The van der Waals surface area contributed by atoms with Crippen LogP contribution in [0.15, 0.2) is 48.5 Å². The summed E-state index contributed by atoms with van der Waals surface area (Å²) in [6.45, 7) is 7.14. The Morgan fingerprint density at radius 3 is 2.26 bits per heavy atom. The van der Waals surface area contributed by atoms with Crippen LogP contribution >= 0.6 is 0 Å². The third-order valence-corrected chi connectivity index (χ3v) is 5.06. The number of piperazine rings is 1. The van der Waals surface area contributed by atoms with Crippen LogP contribution in [0.1, 0.15) is 28.4 Å². The van der Waals surface area contributed by atoms with Crippen LogP contribution in [0.2, 0.25) is 0 Å². The van der Waals surface area contributed by atoms with Gasteiger partial charge in [0, 0.05) is 37.4 Å². The summed E-state index contributed by atoms with van der Waals surface area (Å²) in [6, 6.07) is 15.6. The summed E-state index contributed by atoms with van der Waals surface area (Å²) in [5.41, 5.74) is 3.87. The van der Waals surface area contributed by atoms with Crippen molar-refractivity contribution < 1.29 is 9.59 Å². The molecule has 1 aliphatic heterocycles. The quantitative estimate of drug-likeness (QED) is 0.886. The van der Waals surface area contributed by atoms with Gasteiger partial charge in [-0.2, -0.15) is 0 Å². The molecule has 27 heavy (non-hydrogen) atoms. The van der Waals surface area contributed by atoms with Gasteiger partial charge in [0.15, 0.2) is 0 Å². The van der Waals surface area contributed by atoms with Crippen LogP contribution in [0.4, 0.5) is 5.69 Å². The minimum Gasteiger partial charge on any atom is -0.336 e. The van der Waals surface area contributed by atoms with E-state index in [4.69, 9.17) is 0 Å². The molecule has 5 heteroatoms. The van der Waals surface area contributed by atoms with Crippen LogP contribution in [-0.4, -0.2) is 54.3 Å². The lowest BCUT2D eigenvalue weighted by atomic mass is 10.1. The largest absolute Gasteiger partial charge is 0.336 e. The van der Waals surface area contributed by atoms with Gasteiger partial charge in [0.25, 0.3) is 5.91 Å². The zero-order valence-corrected chi connectivity index (χ0v) is 16.1. The van der Waals surface area contributed by atoms with Crippen molar-refractivity contribution in [2.45, 2.75) is 20.3 Å². The van der Waals surface area contributed by atoms with Crippen molar-refractivity contribution in [2.24, 2.45) is 0 Å². The molecule has 0 unspecified atom stereocenters. The molecule has 2 amide bonds. The van der Waals surface area contributed by atoms with Gasteiger partial charge >= 0.3 is 0 Å². The van der Waals surface area contributed by atoms with Gasteiger partial charge in [0.05, 0.1) is 6.54 Å². The molecule has 1 aliphatic rings. The van der Waals surface area contributed by atoms with Crippen LogP contribution in [0.5, 0.6) is 0 Å². The fourth-order valence-corrected chi connectivity index (χ4v) is 3.28. The average molecular weight is 365 g/mol. The highest BCUT2D eigenvalue weighted by Crippen LogP contribution is 2.14. The predicted octanol–water partition coefficient (Wildman–Crippen LogP) is 2.95. The maximum atomic E-state index is 12.6. The first kappa shape index (κ1) is 19.1. The number of nitrogens with zero attached hydrogens (tertiary/aromatic N) is 2. The van der Waals surface area contributed by atoms with Gasteiger partial charge < -0.3 is 10.2 Å². The standard InChI is InChI=1S/C22H27N3O2/c1-3-18-8-10-19(11-9-18)22(27)25-14-12-24(13-15-25)16-21(26)23-20-7-5-4-6-17(20)2/h4-11H,3,12-16H2,1-2H3,(H,23,26). The van der Waals surface area contributed by atoms with Crippen LogP contribution in [0, 0.1) is 6.92 Å². The van der Waals surface area contributed by atoms with Crippen molar-refractivity contribution in [3.05, 3.63) is 65.2 Å². The highest BCUT2D eigenvalue weighted by Gasteiger charge is 2.23. The fraction of sp³-hybridized carbons (Fsp3) is 0.364. The summed E-state index contributed by atoms with van der Waals surface area (Å²) < 4.78 is 0. The lowest BCUT2D eigenvalue weighted by molar-refractivity contribution is -0.117. The molecular weight excluding hydrogens is 338 g/mol. The Bertz CT molecular complexity index is 793. The maximum Gasteiger partial charge on any atom is 0.253 e. The van der Waals surface area contributed by atoms with Crippen LogP contribution < -0.4 is 5.32 Å². The van der Waals surface area contributed by atoms with Gasteiger partial charge in [-0.05, 0) is 42.7 Å². The Balaban J connectivity index is 1.48. The van der Waals surface area contributed by atoms with Crippen molar-refractivity contribution in [1.82, 2.24) is 9.80 Å².